The highest BCUT2D eigenvalue weighted by Crippen LogP contribution is 2.46. The fourth-order valence-electron chi connectivity index (χ4n) is 4.33. The summed E-state index contributed by atoms with van der Waals surface area (Å²) in [5, 5.41) is 33.5. The van der Waals surface area contributed by atoms with E-state index in [1.54, 1.807) is 42.5 Å². The van der Waals surface area contributed by atoms with Crippen molar-refractivity contribution in [3.8, 4) is 21.9 Å². The Morgan fingerprint density at radius 3 is 2.45 bits per heavy atom. The predicted octanol–water partition coefficient (Wildman–Crippen LogP) is 4.31. The Balaban J connectivity index is 1.69. The maximum Gasteiger partial charge on any atom is 0.349 e. The molecule has 1 unspecified atom stereocenters. The van der Waals surface area contributed by atoms with Gasteiger partial charge in [0.25, 0.3) is 0 Å². The Morgan fingerprint density at radius 2 is 1.82 bits per heavy atom. The van der Waals surface area contributed by atoms with Crippen LogP contribution in [0.5, 0.6) is 11.5 Å². The number of nitrogens with zero attached hydrogens (tertiary/aromatic N) is 2. The van der Waals surface area contributed by atoms with E-state index in [1.807, 2.05) is 0 Å². The fraction of sp³-hybridized carbons (Fsp3) is 0.269. The van der Waals surface area contributed by atoms with Crippen molar-refractivity contribution in [3.05, 3.63) is 74.1 Å². The van der Waals surface area contributed by atoms with Crippen molar-refractivity contribution >= 4 is 50.8 Å². The Hall–Kier alpha value is -4.01. The Labute approximate surface area is 240 Å². The second kappa shape index (κ2) is 12.9. The summed E-state index contributed by atoms with van der Waals surface area (Å²) in [4.78, 5) is 48.7. The predicted molar refractivity (Wildman–Crippen MR) is 148 cm³/mol. The van der Waals surface area contributed by atoms with Crippen molar-refractivity contribution in [2.24, 2.45) is 5.92 Å². The molecule has 0 radical (unpaired) electrons. The van der Waals surface area contributed by atoms with Gasteiger partial charge >= 0.3 is 17.8 Å². The van der Waals surface area contributed by atoms with E-state index in [4.69, 9.17) is 14.6 Å². The molecule has 0 saturated carbocycles. The molecule has 0 spiro atoms. The molecule has 3 aromatic rings. The van der Waals surface area contributed by atoms with Gasteiger partial charge in [-0.1, -0.05) is 30.3 Å². The number of carboxylic acids is 2. The number of para-hydroxylation sites is 1. The van der Waals surface area contributed by atoms with Crippen LogP contribution in [0.1, 0.15) is 22.5 Å². The molecule has 12 nitrogen and oxygen atoms in total. The number of halogens is 1. The first-order chi connectivity index (χ1) is 19.2. The largest absolute Gasteiger partial charge is 0.480 e. The van der Waals surface area contributed by atoms with Gasteiger partial charge in [0.1, 0.15) is 11.4 Å². The van der Waals surface area contributed by atoms with E-state index in [0.717, 1.165) is 11.3 Å². The van der Waals surface area contributed by atoms with E-state index in [-0.39, 0.29) is 32.5 Å². The van der Waals surface area contributed by atoms with Crippen molar-refractivity contribution in [3.63, 3.8) is 0 Å². The SMILES string of the molecule is O=C(O)COc1c(C(=O)O)sc(-c2cccc(OC(C(=O)N(c3ccccc3)[N+](=O)[O-])C3CCNCC3)c2)c1Br. The number of carboxylic acid groups (broad SMARTS) is 2. The average molecular weight is 634 g/mol. The van der Waals surface area contributed by atoms with Crippen LogP contribution in [0, 0.1) is 16.0 Å². The number of nitrogens with one attached hydrogen (secondary N) is 1. The number of hydrazine groups is 1. The molecule has 40 heavy (non-hydrogen) atoms. The molecule has 0 aliphatic carbocycles. The summed E-state index contributed by atoms with van der Waals surface area (Å²) in [6.07, 6.45) is -0.0306. The first kappa shape index (κ1) is 29.0. The van der Waals surface area contributed by atoms with E-state index in [9.17, 15) is 29.6 Å². The summed E-state index contributed by atoms with van der Waals surface area (Å²) in [5.41, 5.74) is 0.610. The number of rotatable bonds is 11. The number of benzene rings is 2. The number of amides is 1. The Morgan fingerprint density at radius 1 is 1.12 bits per heavy atom. The lowest BCUT2D eigenvalue weighted by Crippen LogP contribution is -2.50. The third-order valence-electron chi connectivity index (χ3n) is 6.13. The zero-order valence-corrected chi connectivity index (χ0v) is 23.2. The summed E-state index contributed by atoms with van der Waals surface area (Å²) >= 11 is 4.20. The molecule has 4 rings (SSSR count). The Kier molecular flexibility index (Phi) is 9.34. The number of anilines is 1. The zero-order chi connectivity index (χ0) is 28.8. The summed E-state index contributed by atoms with van der Waals surface area (Å²) in [7, 11) is 0. The molecule has 1 saturated heterocycles. The third-order valence-corrected chi connectivity index (χ3v) is 8.36. The Bertz CT molecular complexity index is 1410. The topological polar surface area (TPSA) is 169 Å². The molecule has 1 aromatic heterocycles. The average Bonchev–Trinajstić information content (AvgIpc) is 3.28. The molecule has 1 aliphatic rings. The van der Waals surface area contributed by atoms with Gasteiger partial charge in [-0.15, -0.1) is 11.3 Å². The number of hydrogen-bond acceptors (Lipinski definition) is 9. The zero-order valence-electron chi connectivity index (χ0n) is 20.8. The smallest absolute Gasteiger partial charge is 0.349 e. The highest BCUT2D eigenvalue weighted by atomic mass is 79.9. The third kappa shape index (κ3) is 6.58. The lowest BCUT2D eigenvalue weighted by molar-refractivity contribution is -0.484. The van der Waals surface area contributed by atoms with Crippen LogP contribution in [-0.4, -0.2) is 58.9 Å². The van der Waals surface area contributed by atoms with E-state index < -0.39 is 35.6 Å². The quantitative estimate of drug-likeness (QED) is 0.204. The van der Waals surface area contributed by atoms with Crippen LogP contribution >= 0.6 is 27.3 Å². The number of aliphatic carboxylic acids is 1. The second-order valence-corrected chi connectivity index (χ2v) is 10.6. The molecule has 1 amide bonds. The maximum absolute atomic E-state index is 13.7. The van der Waals surface area contributed by atoms with Crippen molar-refractivity contribution in [2.45, 2.75) is 18.9 Å². The number of aromatic carboxylic acids is 1. The van der Waals surface area contributed by atoms with E-state index >= 15 is 0 Å². The number of piperidine rings is 1. The van der Waals surface area contributed by atoms with Crippen LogP contribution in [0.4, 0.5) is 5.69 Å². The molecular weight excluding hydrogens is 610 g/mol. The van der Waals surface area contributed by atoms with Gasteiger partial charge < -0.3 is 25.0 Å². The minimum absolute atomic E-state index is 0.103. The van der Waals surface area contributed by atoms with Gasteiger partial charge in [0, 0.05) is 5.92 Å². The van der Waals surface area contributed by atoms with Crippen molar-refractivity contribution in [1.29, 1.82) is 0 Å². The van der Waals surface area contributed by atoms with Gasteiger partial charge in [-0.05, 0) is 76.7 Å². The maximum atomic E-state index is 13.7. The molecule has 2 aromatic carbocycles. The summed E-state index contributed by atoms with van der Waals surface area (Å²) in [6.45, 7) is 0.522. The summed E-state index contributed by atoms with van der Waals surface area (Å²) in [5.74, 6) is -3.54. The van der Waals surface area contributed by atoms with Crippen molar-refractivity contribution < 1.29 is 39.1 Å². The van der Waals surface area contributed by atoms with Crippen LogP contribution in [0.3, 0.4) is 0 Å². The highest BCUT2D eigenvalue weighted by Gasteiger charge is 2.40. The van der Waals surface area contributed by atoms with Gasteiger partial charge in [-0.3, -0.25) is 4.79 Å². The van der Waals surface area contributed by atoms with Crippen LogP contribution in [0.25, 0.3) is 10.4 Å². The number of carbonyl (C=O) groups is 3. The van der Waals surface area contributed by atoms with Crippen molar-refractivity contribution in [2.75, 3.05) is 24.7 Å². The highest BCUT2D eigenvalue weighted by molar-refractivity contribution is 9.10. The van der Waals surface area contributed by atoms with Gasteiger partial charge in [0.2, 0.25) is 0 Å². The number of ether oxygens (including phenoxy) is 2. The van der Waals surface area contributed by atoms with E-state index in [0.29, 0.717) is 41.4 Å². The number of carbonyl (C=O) groups excluding carboxylic acids is 1. The van der Waals surface area contributed by atoms with Crippen LogP contribution < -0.4 is 19.8 Å². The minimum Gasteiger partial charge on any atom is -0.480 e. The minimum atomic E-state index is -1.29. The van der Waals surface area contributed by atoms with Gasteiger partial charge in [0.15, 0.2) is 28.4 Å². The first-order valence-electron chi connectivity index (χ1n) is 12.1. The standard InChI is InChI=1S/C26H24BrN3O9S/c27-20-22(38-14-19(31)32)24(26(34)35)40-23(20)16-5-4-8-18(13-16)39-21(15-9-11-28-12-10-15)25(33)29(30(36)37)17-6-2-1-3-7-17/h1-8,13,15,21,28H,9-12,14H2,(H,31,32)(H,34,35). The van der Waals surface area contributed by atoms with Crippen LogP contribution in [0.2, 0.25) is 0 Å². The molecule has 0 bridgehead atoms. The molecule has 14 heteroatoms. The lowest BCUT2D eigenvalue weighted by atomic mass is 9.91. The summed E-state index contributed by atoms with van der Waals surface area (Å²) < 4.78 is 11.6. The second-order valence-electron chi connectivity index (χ2n) is 8.77. The molecular formula is C26H24BrN3O9S. The van der Waals surface area contributed by atoms with E-state index in [2.05, 4.69) is 21.2 Å². The van der Waals surface area contributed by atoms with Crippen LogP contribution in [-0.2, 0) is 9.59 Å². The lowest BCUT2D eigenvalue weighted by Gasteiger charge is -2.31. The monoisotopic (exact) mass is 633 g/mol. The van der Waals surface area contributed by atoms with Gasteiger partial charge in [-0.25, -0.2) is 19.7 Å². The molecule has 1 aliphatic heterocycles. The van der Waals surface area contributed by atoms with Gasteiger partial charge in [0.05, 0.1) is 9.35 Å². The number of nitro groups is 1. The molecule has 1 atom stereocenters. The normalized spacial score (nSPS) is 14.2. The summed E-state index contributed by atoms with van der Waals surface area (Å²) in [6, 6.07) is 14.3. The number of hydrogen-bond donors (Lipinski definition) is 3. The van der Waals surface area contributed by atoms with Gasteiger partial charge in [-0.2, -0.15) is 0 Å². The number of thiophene rings is 1. The fourth-order valence-corrected chi connectivity index (χ4v) is 6.22. The molecule has 2 heterocycles. The first-order valence-corrected chi connectivity index (χ1v) is 13.7. The molecule has 3 N–H and O–H groups in total. The van der Waals surface area contributed by atoms with Crippen molar-refractivity contribution in [1.82, 2.24) is 5.32 Å². The van der Waals surface area contributed by atoms with Crippen LogP contribution in [0.15, 0.2) is 59.1 Å². The molecule has 1 fully saturated rings. The van der Waals surface area contributed by atoms with E-state index in [1.165, 1.54) is 12.1 Å². The molecule has 210 valence electrons.